The third kappa shape index (κ3) is 5.71. The van der Waals surface area contributed by atoms with Gasteiger partial charge in [-0.25, -0.2) is 0 Å². The lowest BCUT2D eigenvalue weighted by Crippen LogP contribution is -2.70. The van der Waals surface area contributed by atoms with Gasteiger partial charge in [-0.15, -0.1) is 0 Å². The number of halogens is 1. The van der Waals surface area contributed by atoms with Gasteiger partial charge in [-0.05, 0) is 55.3 Å². The fourth-order valence-electron chi connectivity index (χ4n) is 4.63. The SMILES string of the molecule is Cc1ccc(N2C(=O)[C@H](NC(=O)CCCNc3ccnc4cc(Cl)ccc34)[C@@H]2/C=C/c2ccccc2)cc1. The first-order valence-corrected chi connectivity index (χ1v) is 13.1. The van der Waals surface area contributed by atoms with Crippen molar-refractivity contribution >= 4 is 51.8 Å². The van der Waals surface area contributed by atoms with Crippen molar-refractivity contribution in [2.45, 2.75) is 31.8 Å². The quantitative estimate of drug-likeness (QED) is 0.208. The molecule has 0 aliphatic carbocycles. The molecule has 2 heterocycles. The summed E-state index contributed by atoms with van der Waals surface area (Å²) in [6, 6.07) is 24.4. The zero-order valence-corrected chi connectivity index (χ0v) is 21.9. The smallest absolute Gasteiger partial charge is 0.252 e. The largest absolute Gasteiger partial charge is 0.384 e. The Labute approximate surface area is 227 Å². The Hall–Kier alpha value is -4.16. The highest BCUT2D eigenvalue weighted by Gasteiger charge is 2.47. The summed E-state index contributed by atoms with van der Waals surface area (Å²) in [5, 5.41) is 7.97. The highest BCUT2D eigenvalue weighted by Crippen LogP contribution is 2.30. The van der Waals surface area contributed by atoms with E-state index in [1.807, 2.05) is 97.9 Å². The van der Waals surface area contributed by atoms with Gasteiger partial charge in [0.25, 0.3) is 5.91 Å². The summed E-state index contributed by atoms with van der Waals surface area (Å²) in [7, 11) is 0. The van der Waals surface area contributed by atoms with Crippen molar-refractivity contribution in [3.8, 4) is 0 Å². The number of pyridine rings is 1. The molecular weight excluding hydrogens is 496 g/mol. The Morgan fingerprint density at radius 2 is 1.84 bits per heavy atom. The van der Waals surface area contributed by atoms with E-state index in [-0.39, 0.29) is 17.9 Å². The van der Waals surface area contributed by atoms with E-state index < -0.39 is 6.04 Å². The number of β-lactam (4-membered cyclic amide) rings is 1. The lowest BCUT2D eigenvalue weighted by molar-refractivity contribution is -0.132. The summed E-state index contributed by atoms with van der Waals surface area (Å²) in [4.78, 5) is 32.0. The molecule has 6 nitrogen and oxygen atoms in total. The maximum Gasteiger partial charge on any atom is 0.252 e. The molecule has 2 amide bonds. The highest BCUT2D eigenvalue weighted by atomic mass is 35.5. The van der Waals surface area contributed by atoms with Crippen LogP contribution in [0.4, 0.5) is 11.4 Å². The molecule has 0 unspecified atom stereocenters. The van der Waals surface area contributed by atoms with E-state index in [1.54, 1.807) is 11.1 Å². The predicted molar refractivity (Wildman–Crippen MR) is 154 cm³/mol. The van der Waals surface area contributed by atoms with Gasteiger partial charge in [-0.1, -0.05) is 71.8 Å². The monoisotopic (exact) mass is 524 g/mol. The Morgan fingerprint density at radius 3 is 2.63 bits per heavy atom. The number of fused-ring (bicyclic) bond motifs is 1. The van der Waals surface area contributed by atoms with E-state index in [2.05, 4.69) is 15.6 Å². The van der Waals surface area contributed by atoms with E-state index in [4.69, 9.17) is 11.6 Å². The molecule has 192 valence electrons. The first-order chi connectivity index (χ1) is 18.5. The summed E-state index contributed by atoms with van der Waals surface area (Å²) in [5.41, 5.74) is 4.75. The molecule has 2 N–H and O–H groups in total. The zero-order valence-electron chi connectivity index (χ0n) is 21.1. The fraction of sp³-hybridized carbons (Fsp3) is 0.194. The standard InChI is InChI=1S/C31H29ClN4O2/c1-21-9-13-24(14-10-21)36-28(16-11-22-6-3-2-4-7-22)30(31(36)38)35-29(37)8-5-18-33-26-17-19-34-27-20-23(32)12-15-25(26)27/h2-4,6-7,9-17,19-20,28,30H,5,8,18H2,1H3,(H,33,34)(H,35,37)/b16-11+/t28-,30+/m0/s1. The van der Waals surface area contributed by atoms with Crippen LogP contribution in [0.15, 0.2) is 91.1 Å². The van der Waals surface area contributed by atoms with Crippen LogP contribution in [-0.4, -0.2) is 35.4 Å². The fourth-order valence-corrected chi connectivity index (χ4v) is 4.79. The molecule has 38 heavy (non-hydrogen) atoms. The van der Waals surface area contributed by atoms with E-state index in [1.165, 1.54) is 0 Å². The van der Waals surface area contributed by atoms with Crippen LogP contribution in [0, 0.1) is 6.92 Å². The normalized spacial score (nSPS) is 17.0. The average Bonchev–Trinajstić information content (AvgIpc) is 2.93. The lowest BCUT2D eigenvalue weighted by atomic mass is 9.92. The minimum atomic E-state index is -0.592. The van der Waals surface area contributed by atoms with Gasteiger partial charge in [0.05, 0.1) is 11.6 Å². The number of nitrogens with zero attached hydrogens (tertiary/aromatic N) is 2. The number of nitrogens with one attached hydrogen (secondary N) is 2. The second-order valence-corrected chi connectivity index (χ2v) is 9.84. The van der Waals surface area contributed by atoms with Crippen molar-refractivity contribution in [1.82, 2.24) is 10.3 Å². The highest BCUT2D eigenvalue weighted by molar-refractivity contribution is 6.31. The summed E-state index contributed by atoms with van der Waals surface area (Å²) in [6.07, 6.45) is 6.65. The number of anilines is 2. The number of hydrogen-bond donors (Lipinski definition) is 2. The number of benzene rings is 3. The molecule has 5 rings (SSSR count). The number of aromatic nitrogens is 1. The van der Waals surface area contributed by atoms with Gasteiger partial charge in [-0.3, -0.25) is 14.6 Å². The molecule has 7 heteroatoms. The van der Waals surface area contributed by atoms with Gasteiger partial charge in [-0.2, -0.15) is 0 Å². The van der Waals surface area contributed by atoms with Gasteiger partial charge < -0.3 is 15.5 Å². The molecule has 1 fully saturated rings. The second kappa shape index (κ2) is 11.5. The average molecular weight is 525 g/mol. The minimum absolute atomic E-state index is 0.107. The first kappa shape index (κ1) is 25.5. The molecule has 0 spiro atoms. The second-order valence-electron chi connectivity index (χ2n) is 9.40. The van der Waals surface area contributed by atoms with E-state index in [9.17, 15) is 9.59 Å². The molecule has 1 saturated heterocycles. The number of rotatable bonds is 9. The molecule has 4 aromatic rings. The van der Waals surface area contributed by atoms with Gasteiger partial charge in [0, 0.05) is 40.9 Å². The zero-order chi connectivity index (χ0) is 26.5. The Morgan fingerprint density at radius 1 is 1.05 bits per heavy atom. The summed E-state index contributed by atoms with van der Waals surface area (Å²) in [6.45, 7) is 2.62. The van der Waals surface area contributed by atoms with Crippen molar-refractivity contribution in [3.63, 3.8) is 0 Å². The molecule has 1 aromatic heterocycles. The number of aryl methyl sites for hydroxylation is 1. The predicted octanol–water partition coefficient (Wildman–Crippen LogP) is 6.00. The van der Waals surface area contributed by atoms with Gasteiger partial charge in [0.1, 0.15) is 6.04 Å². The van der Waals surface area contributed by atoms with Crippen LogP contribution in [0.5, 0.6) is 0 Å². The Bertz CT molecular complexity index is 1470. The van der Waals surface area contributed by atoms with Gasteiger partial charge in [0.15, 0.2) is 0 Å². The molecule has 2 atom stereocenters. The van der Waals surface area contributed by atoms with Crippen molar-refractivity contribution < 1.29 is 9.59 Å². The number of amides is 2. The van der Waals surface area contributed by atoms with Crippen molar-refractivity contribution in [2.24, 2.45) is 0 Å². The Balaban J connectivity index is 1.20. The van der Waals surface area contributed by atoms with E-state index >= 15 is 0 Å². The molecule has 0 saturated carbocycles. The number of carbonyl (C=O) groups excluding carboxylic acids is 2. The third-order valence-electron chi connectivity index (χ3n) is 6.66. The van der Waals surface area contributed by atoms with Crippen LogP contribution in [0.3, 0.4) is 0 Å². The summed E-state index contributed by atoms with van der Waals surface area (Å²) in [5.74, 6) is -0.247. The van der Waals surface area contributed by atoms with Gasteiger partial charge >= 0.3 is 0 Å². The van der Waals surface area contributed by atoms with Crippen molar-refractivity contribution in [1.29, 1.82) is 0 Å². The molecule has 1 aliphatic heterocycles. The maximum atomic E-state index is 13.1. The molecule has 1 aliphatic rings. The molecule has 0 bridgehead atoms. The van der Waals surface area contributed by atoms with Crippen LogP contribution >= 0.6 is 11.6 Å². The van der Waals surface area contributed by atoms with Crippen LogP contribution in [0.25, 0.3) is 17.0 Å². The van der Waals surface area contributed by atoms with E-state index in [0.717, 1.165) is 33.4 Å². The third-order valence-corrected chi connectivity index (χ3v) is 6.89. The van der Waals surface area contributed by atoms with Crippen molar-refractivity contribution in [2.75, 3.05) is 16.8 Å². The maximum absolute atomic E-state index is 13.1. The number of hydrogen-bond acceptors (Lipinski definition) is 4. The van der Waals surface area contributed by atoms with Crippen LogP contribution in [0.2, 0.25) is 5.02 Å². The van der Waals surface area contributed by atoms with Gasteiger partial charge in [0.2, 0.25) is 5.91 Å². The number of carbonyl (C=O) groups is 2. The topological polar surface area (TPSA) is 74.3 Å². The minimum Gasteiger partial charge on any atom is -0.384 e. The molecule has 3 aromatic carbocycles. The summed E-state index contributed by atoms with van der Waals surface area (Å²) < 4.78 is 0. The summed E-state index contributed by atoms with van der Waals surface area (Å²) >= 11 is 6.08. The first-order valence-electron chi connectivity index (χ1n) is 12.7. The van der Waals surface area contributed by atoms with Crippen molar-refractivity contribution in [3.05, 3.63) is 107 Å². The molecular formula is C31H29ClN4O2. The Kier molecular flexibility index (Phi) is 7.70. The van der Waals surface area contributed by atoms with Crippen LogP contribution in [0.1, 0.15) is 24.0 Å². The van der Waals surface area contributed by atoms with Crippen LogP contribution in [-0.2, 0) is 9.59 Å². The lowest BCUT2D eigenvalue weighted by Gasteiger charge is -2.46. The van der Waals surface area contributed by atoms with E-state index in [0.29, 0.717) is 24.4 Å². The molecule has 0 radical (unpaired) electrons. The van der Waals surface area contributed by atoms with Crippen LogP contribution < -0.4 is 15.5 Å².